The van der Waals surface area contributed by atoms with E-state index in [2.05, 4.69) is 84.9 Å². The van der Waals surface area contributed by atoms with Gasteiger partial charge < -0.3 is 0 Å². The maximum Gasteiger partial charge on any atom is -0.00991 e. The van der Waals surface area contributed by atoms with E-state index in [1.807, 2.05) is 0 Å². The van der Waals surface area contributed by atoms with E-state index in [-0.39, 0.29) is 0 Å². The van der Waals surface area contributed by atoms with Crippen LogP contribution in [0.5, 0.6) is 0 Å². The van der Waals surface area contributed by atoms with Crippen molar-refractivity contribution in [3.8, 4) is 11.1 Å². The minimum absolute atomic E-state index is 1.17. The highest BCUT2D eigenvalue weighted by Gasteiger charge is 2.21. The van der Waals surface area contributed by atoms with Crippen LogP contribution in [0, 0.1) is 0 Å². The summed E-state index contributed by atoms with van der Waals surface area (Å²) in [7, 11) is 0. The summed E-state index contributed by atoms with van der Waals surface area (Å²) >= 11 is 0. The average molecular weight is 358 g/mol. The Balaban J connectivity index is 1.63. The Bertz CT molecular complexity index is 1300. The summed E-state index contributed by atoms with van der Waals surface area (Å²) in [6.45, 7) is 0. The van der Waals surface area contributed by atoms with Crippen LogP contribution in [0.3, 0.4) is 0 Å². The zero-order chi connectivity index (χ0) is 18.5. The molecule has 0 heterocycles. The lowest BCUT2D eigenvalue weighted by atomic mass is 9.79. The average Bonchev–Trinajstić information content (AvgIpc) is 2.78. The number of fused-ring (bicyclic) bond motifs is 5. The van der Waals surface area contributed by atoms with Crippen LogP contribution < -0.4 is 0 Å². The van der Waals surface area contributed by atoms with Crippen LogP contribution in [0.25, 0.3) is 38.2 Å². The van der Waals surface area contributed by atoms with Crippen molar-refractivity contribution >= 4 is 27.1 Å². The SMILES string of the molecule is C1=CC2=C(CC1)CCc1c2ccc2c(-c3cccc4ccccc34)cccc12. The van der Waals surface area contributed by atoms with Crippen molar-refractivity contribution in [2.75, 3.05) is 0 Å². The Morgan fingerprint density at radius 1 is 0.536 bits per heavy atom. The van der Waals surface area contributed by atoms with E-state index >= 15 is 0 Å². The Labute approximate surface area is 165 Å². The summed E-state index contributed by atoms with van der Waals surface area (Å²) in [6, 6.07) is 26.9. The van der Waals surface area contributed by atoms with Crippen LogP contribution in [-0.2, 0) is 6.42 Å². The van der Waals surface area contributed by atoms with Gasteiger partial charge in [0.1, 0.15) is 0 Å². The van der Waals surface area contributed by atoms with E-state index in [9.17, 15) is 0 Å². The Morgan fingerprint density at radius 3 is 2.29 bits per heavy atom. The number of benzene rings is 4. The maximum absolute atomic E-state index is 2.37. The van der Waals surface area contributed by atoms with E-state index in [0.717, 1.165) is 0 Å². The molecule has 0 unspecified atom stereocenters. The lowest BCUT2D eigenvalue weighted by Crippen LogP contribution is -2.07. The molecule has 0 spiro atoms. The van der Waals surface area contributed by atoms with Gasteiger partial charge in [-0.2, -0.15) is 0 Å². The molecule has 28 heavy (non-hydrogen) atoms. The number of aryl methyl sites for hydroxylation is 1. The normalized spacial score (nSPS) is 15.7. The molecule has 0 amide bonds. The minimum Gasteiger partial charge on any atom is -0.0836 e. The van der Waals surface area contributed by atoms with Crippen LogP contribution in [0.1, 0.15) is 30.4 Å². The van der Waals surface area contributed by atoms with Crippen molar-refractivity contribution in [1.29, 1.82) is 0 Å². The van der Waals surface area contributed by atoms with Gasteiger partial charge in [-0.1, -0.05) is 90.5 Å². The first kappa shape index (κ1) is 15.9. The van der Waals surface area contributed by atoms with Crippen LogP contribution in [0.15, 0.2) is 90.5 Å². The molecule has 0 nitrogen and oxygen atoms in total. The highest BCUT2D eigenvalue weighted by atomic mass is 14.3. The first-order valence-electron chi connectivity index (χ1n) is 10.3. The molecule has 0 aromatic heterocycles. The lowest BCUT2D eigenvalue weighted by molar-refractivity contribution is 0.831. The van der Waals surface area contributed by atoms with Crippen molar-refractivity contribution in [3.05, 3.63) is 102 Å². The zero-order valence-corrected chi connectivity index (χ0v) is 15.9. The molecule has 0 heteroatoms. The van der Waals surface area contributed by atoms with E-state index in [0.29, 0.717) is 0 Å². The molecule has 0 aliphatic heterocycles. The topological polar surface area (TPSA) is 0 Å². The predicted octanol–water partition coefficient (Wildman–Crippen LogP) is 7.71. The van der Waals surface area contributed by atoms with Crippen molar-refractivity contribution in [1.82, 2.24) is 0 Å². The fourth-order valence-electron chi connectivity index (χ4n) is 5.16. The van der Waals surface area contributed by atoms with Gasteiger partial charge in [-0.3, -0.25) is 0 Å². The molecule has 0 N–H and O–H groups in total. The van der Waals surface area contributed by atoms with Crippen LogP contribution in [0.4, 0.5) is 0 Å². The largest absolute Gasteiger partial charge is 0.0836 e. The molecule has 0 saturated heterocycles. The quantitative estimate of drug-likeness (QED) is 0.327. The monoisotopic (exact) mass is 358 g/mol. The summed E-state index contributed by atoms with van der Waals surface area (Å²) in [5, 5.41) is 5.43. The highest BCUT2D eigenvalue weighted by Crippen LogP contribution is 2.42. The van der Waals surface area contributed by atoms with E-state index < -0.39 is 0 Å². The Morgan fingerprint density at radius 2 is 1.32 bits per heavy atom. The molecular formula is C28H22. The Hall–Kier alpha value is -3.12. The molecule has 0 atom stereocenters. The van der Waals surface area contributed by atoms with Crippen molar-refractivity contribution in [3.63, 3.8) is 0 Å². The van der Waals surface area contributed by atoms with Crippen molar-refractivity contribution < 1.29 is 0 Å². The van der Waals surface area contributed by atoms with Crippen molar-refractivity contribution in [2.24, 2.45) is 0 Å². The van der Waals surface area contributed by atoms with Gasteiger partial charge in [-0.25, -0.2) is 0 Å². The van der Waals surface area contributed by atoms with Crippen molar-refractivity contribution in [2.45, 2.75) is 25.7 Å². The number of hydrogen-bond acceptors (Lipinski definition) is 0. The number of rotatable bonds is 1. The van der Waals surface area contributed by atoms with Gasteiger partial charge in [0.2, 0.25) is 0 Å². The molecule has 4 aromatic rings. The molecule has 6 rings (SSSR count). The molecule has 0 fully saturated rings. The fourth-order valence-corrected chi connectivity index (χ4v) is 5.16. The van der Waals surface area contributed by atoms with E-state index in [4.69, 9.17) is 0 Å². The van der Waals surface area contributed by atoms with Gasteiger partial charge >= 0.3 is 0 Å². The van der Waals surface area contributed by atoms with E-state index in [1.54, 1.807) is 5.57 Å². The van der Waals surface area contributed by atoms with Gasteiger partial charge in [0.15, 0.2) is 0 Å². The molecule has 4 aromatic carbocycles. The molecule has 2 aliphatic carbocycles. The number of allylic oxidation sites excluding steroid dienone is 4. The summed E-state index contributed by atoms with van der Waals surface area (Å²) < 4.78 is 0. The molecule has 2 aliphatic rings. The predicted molar refractivity (Wildman–Crippen MR) is 121 cm³/mol. The standard InChI is InChI=1S/C28H22/c1-3-10-21-19(7-1)9-5-12-23(21)24-13-6-14-25-27-16-15-20-8-2-4-11-22(20)26(27)17-18-28(24)25/h1,3-7,9-14,17-18H,2,8,15-16H2. The van der Waals surface area contributed by atoms with Crippen LogP contribution in [-0.4, -0.2) is 0 Å². The number of hydrogen-bond donors (Lipinski definition) is 0. The molecule has 134 valence electrons. The summed E-state index contributed by atoms with van der Waals surface area (Å²) in [4.78, 5) is 0. The third-order valence-corrected chi connectivity index (χ3v) is 6.50. The second-order valence-corrected chi connectivity index (χ2v) is 7.98. The van der Waals surface area contributed by atoms with Gasteiger partial charge in [-0.05, 0) is 75.1 Å². The van der Waals surface area contributed by atoms with Gasteiger partial charge in [0, 0.05) is 0 Å². The van der Waals surface area contributed by atoms with Crippen LogP contribution >= 0.6 is 0 Å². The third-order valence-electron chi connectivity index (χ3n) is 6.50. The molecule has 0 radical (unpaired) electrons. The first-order chi connectivity index (χ1) is 13.9. The summed E-state index contributed by atoms with van der Waals surface area (Å²) in [5.74, 6) is 0. The Kier molecular flexibility index (Phi) is 3.52. The minimum atomic E-state index is 1.17. The van der Waals surface area contributed by atoms with Gasteiger partial charge in [-0.15, -0.1) is 0 Å². The second kappa shape index (κ2) is 6.21. The van der Waals surface area contributed by atoms with Crippen LogP contribution in [0.2, 0.25) is 0 Å². The molecular weight excluding hydrogens is 336 g/mol. The zero-order valence-electron chi connectivity index (χ0n) is 15.9. The lowest BCUT2D eigenvalue weighted by Gasteiger charge is -2.26. The second-order valence-electron chi connectivity index (χ2n) is 7.98. The third kappa shape index (κ3) is 2.31. The van der Waals surface area contributed by atoms with Gasteiger partial charge in [0.05, 0.1) is 0 Å². The summed E-state index contributed by atoms with van der Waals surface area (Å²) in [6.07, 6.45) is 9.51. The highest BCUT2D eigenvalue weighted by molar-refractivity contribution is 6.07. The summed E-state index contributed by atoms with van der Waals surface area (Å²) in [5.41, 5.74) is 8.81. The van der Waals surface area contributed by atoms with Gasteiger partial charge in [0.25, 0.3) is 0 Å². The maximum atomic E-state index is 2.37. The first-order valence-corrected chi connectivity index (χ1v) is 10.3. The smallest absolute Gasteiger partial charge is 0.00991 e. The molecule has 0 saturated carbocycles. The van der Waals surface area contributed by atoms with E-state index in [1.165, 1.54) is 75.1 Å². The fraction of sp³-hybridized carbons (Fsp3) is 0.143. The molecule has 0 bridgehead atoms.